The molecule has 8 heteroatoms. The van der Waals surface area contributed by atoms with Crippen molar-refractivity contribution < 1.29 is 12.8 Å². The van der Waals surface area contributed by atoms with Crippen LogP contribution in [-0.2, 0) is 10.0 Å². The van der Waals surface area contributed by atoms with Gasteiger partial charge in [0.15, 0.2) is 0 Å². The van der Waals surface area contributed by atoms with E-state index in [0.29, 0.717) is 27.9 Å². The van der Waals surface area contributed by atoms with Crippen molar-refractivity contribution in [2.24, 2.45) is 5.10 Å². The third-order valence-electron chi connectivity index (χ3n) is 4.27. The second-order valence-corrected chi connectivity index (χ2v) is 8.70. The molecule has 138 valence electrons. The van der Waals surface area contributed by atoms with Gasteiger partial charge in [-0.3, -0.25) is 0 Å². The van der Waals surface area contributed by atoms with Crippen molar-refractivity contribution in [1.82, 2.24) is 4.41 Å². The number of hydrogen-bond donors (Lipinski definition) is 0. The second kappa shape index (κ2) is 7.03. The molecule has 2 heterocycles. The molecule has 0 saturated carbocycles. The van der Waals surface area contributed by atoms with E-state index in [-0.39, 0.29) is 4.90 Å². The molecule has 1 aliphatic rings. The minimum Gasteiger partial charge on any atom is -0.463 e. The molecule has 0 radical (unpaired) electrons. The van der Waals surface area contributed by atoms with Gasteiger partial charge in [0.05, 0.1) is 17.2 Å². The molecular formula is C19H14Cl2N2O3S. The average Bonchev–Trinajstić information content (AvgIpc) is 3.32. The topological polar surface area (TPSA) is 62.9 Å². The summed E-state index contributed by atoms with van der Waals surface area (Å²) in [6.45, 7) is 0. The van der Waals surface area contributed by atoms with E-state index >= 15 is 0 Å². The molecule has 0 unspecified atom stereocenters. The minimum atomic E-state index is -3.91. The first kappa shape index (κ1) is 18.1. The van der Waals surface area contributed by atoms with Gasteiger partial charge in [-0.1, -0.05) is 41.4 Å². The summed E-state index contributed by atoms with van der Waals surface area (Å²) in [6, 6.07) is 16.2. The summed E-state index contributed by atoms with van der Waals surface area (Å²) < 4.78 is 33.0. The summed E-state index contributed by atoms with van der Waals surface area (Å²) in [5.74, 6) is 0.540. The van der Waals surface area contributed by atoms with Gasteiger partial charge in [-0.05, 0) is 48.0 Å². The zero-order valence-electron chi connectivity index (χ0n) is 13.9. The number of sulfonamides is 1. The predicted octanol–water partition coefficient (Wildman–Crippen LogP) is 5.13. The maximum Gasteiger partial charge on any atom is 0.279 e. The van der Waals surface area contributed by atoms with Crippen LogP contribution in [0.5, 0.6) is 0 Å². The molecule has 3 aromatic rings. The molecular weight excluding hydrogens is 407 g/mol. The van der Waals surface area contributed by atoms with E-state index in [1.54, 1.807) is 48.5 Å². The SMILES string of the molecule is O=S(=O)(c1cccc(Cl)c1)N1N=C(c2ccco2)C[C@H]1c1ccc(Cl)cc1. The highest BCUT2D eigenvalue weighted by molar-refractivity contribution is 7.89. The number of hydrogen-bond acceptors (Lipinski definition) is 4. The van der Waals surface area contributed by atoms with Gasteiger partial charge >= 0.3 is 0 Å². The third kappa shape index (κ3) is 3.48. The second-order valence-electron chi connectivity index (χ2n) is 6.03. The van der Waals surface area contributed by atoms with Gasteiger partial charge < -0.3 is 4.42 Å². The van der Waals surface area contributed by atoms with Crippen molar-refractivity contribution >= 4 is 38.9 Å². The Morgan fingerprint density at radius 2 is 1.78 bits per heavy atom. The smallest absolute Gasteiger partial charge is 0.279 e. The summed E-state index contributed by atoms with van der Waals surface area (Å²) in [4.78, 5) is 0.0819. The molecule has 1 aliphatic heterocycles. The van der Waals surface area contributed by atoms with Crippen LogP contribution >= 0.6 is 23.2 Å². The number of halogens is 2. The van der Waals surface area contributed by atoms with Gasteiger partial charge in [0.25, 0.3) is 10.0 Å². The third-order valence-corrected chi connectivity index (χ3v) is 6.44. The summed E-state index contributed by atoms with van der Waals surface area (Å²) in [5, 5.41) is 5.30. The molecule has 0 amide bonds. The summed E-state index contributed by atoms with van der Waals surface area (Å²) in [6.07, 6.45) is 1.91. The molecule has 0 saturated heterocycles. The Balaban J connectivity index is 1.80. The molecule has 0 aliphatic carbocycles. The highest BCUT2D eigenvalue weighted by Gasteiger charge is 2.38. The van der Waals surface area contributed by atoms with Crippen LogP contribution in [0, 0.1) is 0 Å². The standard InChI is InChI=1S/C19H14Cl2N2O3S/c20-14-8-6-13(7-9-14)18-12-17(19-5-2-10-26-19)22-23(18)27(24,25)16-4-1-3-15(21)11-16/h1-11,18H,12H2/t18-/m0/s1. The van der Waals surface area contributed by atoms with Gasteiger partial charge in [0.1, 0.15) is 11.5 Å². The van der Waals surface area contributed by atoms with Gasteiger partial charge in [-0.25, -0.2) is 0 Å². The van der Waals surface area contributed by atoms with Gasteiger partial charge in [-0.2, -0.15) is 17.9 Å². The van der Waals surface area contributed by atoms with Crippen molar-refractivity contribution in [1.29, 1.82) is 0 Å². The fourth-order valence-corrected chi connectivity index (χ4v) is 4.83. The molecule has 5 nitrogen and oxygen atoms in total. The molecule has 27 heavy (non-hydrogen) atoms. The molecule has 2 aromatic carbocycles. The van der Waals surface area contributed by atoms with Crippen molar-refractivity contribution in [3.05, 3.63) is 88.3 Å². The van der Waals surface area contributed by atoms with E-state index in [1.165, 1.54) is 18.4 Å². The monoisotopic (exact) mass is 420 g/mol. The van der Waals surface area contributed by atoms with Crippen LogP contribution in [0.2, 0.25) is 10.0 Å². The lowest BCUT2D eigenvalue weighted by atomic mass is 10.0. The highest BCUT2D eigenvalue weighted by Crippen LogP contribution is 2.37. The molecule has 0 bridgehead atoms. The van der Waals surface area contributed by atoms with Crippen molar-refractivity contribution in [3.63, 3.8) is 0 Å². The quantitative estimate of drug-likeness (QED) is 0.587. The summed E-state index contributed by atoms with van der Waals surface area (Å²) in [7, 11) is -3.91. The van der Waals surface area contributed by atoms with Crippen molar-refractivity contribution in [3.8, 4) is 0 Å². The number of furan rings is 1. The largest absolute Gasteiger partial charge is 0.463 e. The summed E-state index contributed by atoms with van der Waals surface area (Å²) in [5.41, 5.74) is 1.35. The average molecular weight is 421 g/mol. The Morgan fingerprint density at radius 1 is 1.00 bits per heavy atom. The van der Waals surface area contributed by atoms with Crippen LogP contribution in [0.1, 0.15) is 23.8 Å². The first-order valence-electron chi connectivity index (χ1n) is 8.12. The van der Waals surface area contributed by atoms with Crippen LogP contribution in [-0.4, -0.2) is 18.5 Å². The first-order valence-corrected chi connectivity index (χ1v) is 10.3. The number of benzene rings is 2. The number of rotatable bonds is 4. The maximum atomic E-state index is 13.3. The lowest BCUT2D eigenvalue weighted by Crippen LogP contribution is -2.27. The lowest BCUT2D eigenvalue weighted by molar-refractivity contribution is 0.371. The Kier molecular flexibility index (Phi) is 4.72. The Morgan fingerprint density at radius 3 is 2.44 bits per heavy atom. The van der Waals surface area contributed by atoms with Crippen LogP contribution in [0.15, 0.2) is 81.3 Å². The van der Waals surface area contributed by atoms with E-state index in [0.717, 1.165) is 9.98 Å². The van der Waals surface area contributed by atoms with E-state index in [9.17, 15) is 8.42 Å². The van der Waals surface area contributed by atoms with Gasteiger partial charge in [0, 0.05) is 16.5 Å². The maximum absolute atomic E-state index is 13.3. The zero-order valence-corrected chi connectivity index (χ0v) is 16.2. The molecule has 1 aromatic heterocycles. The van der Waals surface area contributed by atoms with Crippen LogP contribution in [0.25, 0.3) is 0 Å². The normalized spacial score (nSPS) is 17.2. The molecule has 0 N–H and O–H groups in total. The van der Waals surface area contributed by atoms with E-state index in [4.69, 9.17) is 27.6 Å². The van der Waals surface area contributed by atoms with Crippen LogP contribution in [0.4, 0.5) is 0 Å². The van der Waals surface area contributed by atoms with Crippen LogP contribution < -0.4 is 0 Å². The summed E-state index contributed by atoms with van der Waals surface area (Å²) >= 11 is 12.0. The van der Waals surface area contributed by atoms with Gasteiger partial charge in [0.2, 0.25) is 0 Å². The van der Waals surface area contributed by atoms with Crippen molar-refractivity contribution in [2.45, 2.75) is 17.4 Å². The first-order chi connectivity index (χ1) is 12.9. The number of nitrogens with zero attached hydrogens (tertiary/aromatic N) is 2. The Hall–Kier alpha value is -2.28. The van der Waals surface area contributed by atoms with E-state index in [2.05, 4.69) is 5.10 Å². The predicted molar refractivity (Wildman–Crippen MR) is 105 cm³/mol. The van der Waals surface area contributed by atoms with E-state index in [1.807, 2.05) is 0 Å². The number of hydrazone groups is 1. The fourth-order valence-electron chi connectivity index (χ4n) is 2.97. The van der Waals surface area contributed by atoms with Gasteiger partial charge in [-0.15, -0.1) is 0 Å². The lowest BCUT2D eigenvalue weighted by Gasteiger charge is -2.23. The van der Waals surface area contributed by atoms with Crippen LogP contribution in [0.3, 0.4) is 0 Å². The fraction of sp³-hybridized carbons (Fsp3) is 0.105. The molecule has 4 rings (SSSR count). The highest BCUT2D eigenvalue weighted by atomic mass is 35.5. The van der Waals surface area contributed by atoms with E-state index < -0.39 is 16.1 Å². The Labute approximate surface area is 166 Å². The molecule has 0 spiro atoms. The minimum absolute atomic E-state index is 0.0819. The van der Waals surface area contributed by atoms with Crippen molar-refractivity contribution in [2.75, 3.05) is 0 Å². The molecule has 1 atom stereocenters. The molecule has 0 fully saturated rings. The Bertz CT molecular complexity index is 1090. The zero-order chi connectivity index (χ0) is 19.0.